The zero-order valence-corrected chi connectivity index (χ0v) is 9.45. The molecule has 0 radical (unpaired) electrons. The standard InChI is InChI=1S/C11H19N3O/c1-11(2,7-15)10-12-9(13-14-10)8-5-3-4-6-8/h8,15H,3-7H2,1-2H3,(H,12,13,14). The van der Waals surface area contributed by atoms with E-state index in [1.807, 2.05) is 13.8 Å². The molecule has 15 heavy (non-hydrogen) atoms. The van der Waals surface area contributed by atoms with Crippen LogP contribution in [0.3, 0.4) is 0 Å². The number of hydrogen-bond acceptors (Lipinski definition) is 3. The van der Waals surface area contributed by atoms with Crippen LogP contribution in [0.25, 0.3) is 0 Å². The number of hydrogen-bond donors (Lipinski definition) is 2. The molecule has 0 aliphatic heterocycles. The van der Waals surface area contributed by atoms with E-state index in [-0.39, 0.29) is 12.0 Å². The van der Waals surface area contributed by atoms with Crippen molar-refractivity contribution in [3.05, 3.63) is 11.6 Å². The van der Waals surface area contributed by atoms with Crippen LogP contribution in [0.15, 0.2) is 0 Å². The van der Waals surface area contributed by atoms with Crippen molar-refractivity contribution in [2.24, 2.45) is 0 Å². The summed E-state index contributed by atoms with van der Waals surface area (Å²) in [5.41, 5.74) is -0.340. The van der Waals surface area contributed by atoms with Crippen LogP contribution in [0.5, 0.6) is 0 Å². The van der Waals surface area contributed by atoms with Gasteiger partial charge in [-0.05, 0) is 12.8 Å². The molecular formula is C11H19N3O. The predicted molar refractivity (Wildman–Crippen MR) is 57.7 cm³/mol. The number of H-pyrrole nitrogens is 1. The van der Waals surface area contributed by atoms with Gasteiger partial charge < -0.3 is 5.11 Å². The largest absolute Gasteiger partial charge is 0.395 e. The zero-order chi connectivity index (χ0) is 10.9. The topological polar surface area (TPSA) is 61.8 Å². The van der Waals surface area contributed by atoms with Gasteiger partial charge in [-0.25, -0.2) is 4.98 Å². The lowest BCUT2D eigenvalue weighted by Gasteiger charge is -2.16. The van der Waals surface area contributed by atoms with Crippen LogP contribution in [-0.4, -0.2) is 26.9 Å². The van der Waals surface area contributed by atoms with E-state index in [0.29, 0.717) is 5.92 Å². The van der Waals surface area contributed by atoms with Gasteiger partial charge in [-0.2, -0.15) is 5.10 Å². The van der Waals surface area contributed by atoms with Crippen LogP contribution in [0.4, 0.5) is 0 Å². The lowest BCUT2D eigenvalue weighted by atomic mass is 9.94. The van der Waals surface area contributed by atoms with Gasteiger partial charge in [-0.1, -0.05) is 26.7 Å². The summed E-state index contributed by atoms with van der Waals surface area (Å²) >= 11 is 0. The van der Waals surface area contributed by atoms with Gasteiger partial charge in [-0.15, -0.1) is 0 Å². The Balaban J connectivity index is 2.16. The molecule has 0 amide bonds. The molecule has 4 nitrogen and oxygen atoms in total. The maximum atomic E-state index is 9.23. The Morgan fingerprint density at radius 1 is 1.40 bits per heavy atom. The minimum Gasteiger partial charge on any atom is -0.395 e. The van der Waals surface area contributed by atoms with Crippen molar-refractivity contribution >= 4 is 0 Å². The van der Waals surface area contributed by atoms with Crippen LogP contribution < -0.4 is 0 Å². The van der Waals surface area contributed by atoms with Gasteiger partial charge in [0.25, 0.3) is 0 Å². The van der Waals surface area contributed by atoms with E-state index < -0.39 is 0 Å². The van der Waals surface area contributed by atoms with E-state index >= 15 is 0 Å². The van der Waals surface area contributed by atoms with E-state index in [1.165, 1.54) is 25.7 Å². The lowest BCUT2D eigenvalue weighted by molar-refractivity contribution is 0.212. The van der Waals surface area contributed by atoms with Crippen LogP contribution in [0.1, 0.15) is 57.1 Å². The van der Waals surface area contributed by atoms with Crippen molar-refractivity contribution < 1.29 is 5.11 Å². The zero-order valence-electron chi connectivity index (χ0n) is 9.45. The van der Waals surface area contributed by atoms with Gasteiger partial charge >= 0.3 is 0 Å². The van der Waals surface area contributed by atoms with E-state index in [2.05, 4.69) is 15.2 Å². The fraction of sp³-hybridized carbons (Fsp3) is 0.818. The summed E-state index contributed by atoms with van der Waals surface area (Å²) in [6.45, 7) is 3.98. The maximum Gasteiger partial charge on any atom is 0.158 e. The molecule has 1 fully saturated rings. The maximum absolute atomic E-state index is 9.23. The highest BCUT2D eigenvalue weighted by Crippen LogP contribution is 2.32. The highest BCUT2D eigenvalue weighted by molar-refractivity contribution is 5.07. The quantitative estimate of drug-likeness (QED) is 0.797. The van der Waals surface area contributed by atoms with Gasteiger partial charge in [0, 0.05) is 11.3 Å². The first-order chi connectivity index (χ1) is 7.13. The first kappa shape index (κ1) is 10.6. The summed E-state index contributed by atoms with van der Waals surface area (Å²) in [6, 6.07) is 0. The van der Waals surface area contributed by atoms with Gasteiger partial charge in [0.1, 0.15) is 5.82 Å². The van der Waals surface area contributed by atoms with Crippen LogP contribution in [0, 0.1) is 0 Å². The number of aromatic amines is 1. The van der Waals surface area contributed by atoms with Gasteiger partial charge in [0.2, 0.25) is 0 Å². The van der Waals surface area contributed by atoms with Crippen LogP contribution in [-0.2, 0) is 5.41 Å². The highest BCUT2D eigenvalue weighted by Gasteiger charge is 2.27. The summed E-state index contributed by atoms with van der Waals surface area (Å²) in [6.07, 6.45) is 5.02. The van der Waals surface area contributed by atoms with Crippen molar-refractivity contribution in [1.29, 1.82) is 0 Å². The summed E-state index contributed by atoms with van der Waals surface area (Å²) in [5.74, 6) is 2.29. The molecule has 0 unspecified atom stereocenters. The van der Waals surface area contributed by atoms with E-state index in [9.17, 15) is 5.11 Å². The number of nitrogens with zero attached hydrogens (tertiary/aromatic N) is 2. The van der Waals surface area contributed by atoms with Crippen molar-refractivity contribution in [3.63, 3.8) is 0 Å². The first-order valence-corrected chi connectivity index (χ1v) is 5.67. The number of aliphatic hydroxyl groups excluding tert-OH is 1. The van der Waals surface area contributed by atoms with Crippen molar-refractivity contribution in [1.82, 2.24) is 15.2 Å². The molecule has 4 heteroatoms. The third-order valence-corrected chi connectivity index (χ3v) is 3.25. The second kappa shape index (κ2) is 3.93. The summed E-state index contributed by atoms with van der Waals surface area (Å²) in [5, 5.41) is 16.5. The molecule has 0 bridgehead atoms. The van der Waals surface area contributed by atoms with E-state index in [4.69, 9.17) is 0 Å². The Labute approximate surface area is 90.1 Å². The summed E-state index contributed by atoms with van der Waals surface area (Å²) < 4.78 is 0. The monoisotopic (exact) mass is 209 g/mol. The van der Waals surface area contributed by atoms with Crippen molar-refractivity contribution in [3.8, 4) is 0 Å². The molecule has 1 aliphatic rings. The summed E-state index contributed by atoms with van der Waals surface area (Å²) in [7, 11) is 0. The number of nitrogens with one attached hydrogen (secondary N) is 1. The van der Waals surface area contributed by atoms with Gasteiger partial charge in [0.05, 0.1) is 6.61 Å². The lowest BCUT2D eigenvalue weighted by Crippen LogP contribution is -2.23. The van der Waals surface area contributed by atoms with E-state index in [1.54, 1.807) is 0 Å². The minimum atomic E-state index is -0.340. The molecule has 1 aromatic rings. The number of aliphatic hydroxyl groups is 1. The summed E-state index contributed by atoms with van der Waals surface area (Å²) in [4.78, 5) is 4.51. The van der Waals surface area contributed by atoms with Crippen LogP contribution in [0.2, 0.25) is 0 Å². The predicted octanol–water partition coefficient (Wildman–Crippen LogP) is 1.73. The fourth-order valence-corrected chi connectivity index (χ4v) is 2.03. The Morgan fingerprint density at radius 2 is 2.07 bits per heavy atom. The SMILES string of the molecule is CC(C)(CO)c1n[nH]c(C2CCCC2)n1. The molecule has 84 valence electrons. The number of aromatic nitrogens is 3. The molecule has 1 heterocycles. The second-order valence-corrected chi connectivity index (χ2v) is 5.07. The highest BCUT2D eigenvalue weighted by atomic mass is 16.3. The Kier molecular flexibility index (Phi) is 2.78. The van der Waals surface area contributed by atoms with Gasteiger partial charge in [-0.3, -0.25) is 5.10 Å². The molecule has 1 aliphatic carbocycles. The average molecular weight is 209 g/mol. The normalized spacial score (nSPS) is 18.6. The third kappa shape index (κ3) is 2.04. The molecule has 0 spiro atoms. The Bertz CT molecular complexity index is 326. The van der Waals surface area contributed by atoms with Crippen molar-refractivity contribution in [2.75, 3.05) is 6.61 Å². The molecule has 0 aromatic carbocycles. The smallest absolute Gasteiger partial charge is 0.158 e. The fourth-order valence-electron chi connectivity index (χ4n) is 2.03. The van der Waals surface area contributed by atoms with Crippen molar-refractivity contribution in [2.45, 2.75) is 50.9 Å². The first-order valence-electron chi connectivity index (χ1n) is 5.67. The molecule has 1 aromatic heterocycles. The van der Waals surface area contributed by atoms with Crippen LogP contribution >= 0.6 is 0 Å². The molecule has 2 N–H and O–H groups in total. The third-order valence-electron chi connectivity index (χ3n) is 3.25. The average Bonchev–Trinajstić information content (AvgIpc) is 2.88. The Morgan fingerprint density at radius 3 is 2.67 bits per heavy atom. The Hall–Kier alpha value is -0.900. The molecule has 0 atom stereocenters. The number of rotatable bonds is 3. The molecule has 2 rings (SSSR count). The molecule has 0 saturated heterocycles. The minimum absolute atomic E-state index is 0.0783. The molecule has 1 saturated carbocycles. The van der Waals surface area contributed by atoms with Gasteiger partial charge in [0.15, 0.2) is 5.82 Å². The van der Waals surface area contributed by atoms with E-state index in [0.717, 1.165) is 11.6 Å². The second-order valence-electron chi connectivity index (χ2n) is 5.07. The molecular weight excluding hydrogens is 190 g/mol.